The highest BCUT2D eigenvalue weighted by Gasteiger charge is 2.08. The van der Waals surface area contributed by atoms with Crippen molar-refractivity contribution in [1.82, 2.24) is 5.32 Å². The zero-order chi connectivity index (χ0) is 14.4. The number of benzene rings is 1. The number of hydrogen-bond acceptors (Lipinski definition) is 2. The standard InChI is InChI=1S/C13H17Br3N2O/c1-8(2)3-4-17-12(19)7-18-13-10(15)5-9(14)6-11(13)16/h5-6,8,18H,3-4,7H2,1-2H3,(H,17,19). The minimum Gasteiger partial charge on any atom is -0.374 e. The average molecular weight is 457 g/mol. The van der Waals surface area contributed by atoms with Crippen LogP contribution in [0, 0.1) is 5.92 Å². The molecular weight excluding hydrogens is 440 g/mol. The molecule has 0 atom stereocenters. The Bertz CT molecular complexity index is 427. The van der Waals surface area contributed by atoms with Gasteiger partial charge in [-0.1, -0.05) is 29.8 Å². The third-order valence-electron chi connectivity index (χ3n) is 2.48. The normalized spacial score (nSPS) is 10.6. The highest BCUT2D eigenvalue weighted by atomic mass is 79.9. The van der Waals surface area contributed by atoms with Gasteiger partial charge in [0.2, 0.25) is 5.91 Å². The predicted molar refractivity (Wildman–Crippen MR) is 90.5 cm³/mol. The lowest BCUT2D eigenvalue weighted by Crippen LogP contribution is -2.31. The molecule has 0 aliphatic heterocycles. The summed E-state index contributed by atoms with van der Waals surface area (Å²) in [6.07, 6.45) is 0.997. The zero-order valence-electron chi connectivity index (χ0n) is 10.9. The van der Waals surface area contributed by atoms with Crippen LogP contribution in [0.5, 0.6) is 0 Å². The highest BCUT2D eigenvalue weighted by molar-refractivity contribution is 9.11. The van der Waals surface area contributed by atoms with Crippen molar-refractivity contribution in [2.24, 2.45) is 5.92 Å². The van der Waals surface area contributed by atoms with Crippen molar-refractivity contribution < 1.29 is 4.79 Å². The van der Waals surface area contributed by atoms with E-state index in [2.05, 4.69) is 72.3 Å². The molecule has 0 aliphatic carbocycles. The molecule has 0 heterocycles. The Morgan fingerprint density at radius 3 is 2.32 bits per heavy atom. The molecular formula is C13H17Br3N2O. The molecule has 0 aliphatic rings. The first-order chi connectivity index (χ1) is 8.90. The van der Waals surface area contributed by atoms with Crippen molar-refractivity contribution >= 4 is 59.4 Å². The van der Waals surface area contributed by atoms with Crippen LogP contribution in [0.25, 0.3) is 0 Å². The van der Waals surface area contributed by atoms with Gasteiger partial charge in [0.1, 0.15) is 0 Å². The number of carbonyl (C=O) groups is 1. The lowest BCUT2D eigenvalue weighted by Gasteiger charge is -2.12. The number of anilines is 1. The largest absolute Gasteiger partial charge is 0.374 e. The molecule has 0 saturated carbocycles. The van der Waals surface area contributed by atoms with Crippen LogP contribution in [0.1, 0.15) is 20.3 Å². The van der Waals surface area contributed by atoms with Crippen LogP contribution in [0.3, 0.4) is 0 Å². The second-order valence-electron chi connectivity index (χ2n) is 4.63. The second kappa shape index (κ2) is 8.27. The lowest BCUT2D eigenvalue weighted by atomic mass is 10.1. The molecule has 0 spiro atoms. The number of nitrogens with one attached hydrogen (secondary N) is 2. The first-order valence-electron chi connectivity index (χ1n) is 6.05. The maximum atomic E-state index is 11.7. The van der Waals surface area contributed by atoms with Gasteiger partial charge in [-0.25, -0.2) is 0 Å². The van der Waals surface area contributed by atoms with Crippen molar-refractivity contribution in [3.8, 4) is 0 Å². The summed E-state index contributed by atoms with van der Waals surface area (Å²) in [7, 11) is 0. The third-order valence-corrected chi connectivity index (χ3v) is 4.19. The van der Waals surface area contributed by atoms with E-state index in [0.29, 0.717) is 5.92 Å². The van der Waals surface area contributed by atoms with Gasteiger partial charge in [-0.3, -0.25) is 4.79 Å². The van der Waals surface area contributed by atoms with Crippen LogP contribution in [0.2, 0.25) is 0 Å². The number of hydrogen-bond donors (Lipinski definition) is 2. The minimum atomic E-state index is 0.00219. The van der Waals surface area contributed by atoms with Gasteiger partial charge in [0.05, 0.1) is 12.2 Å². The molecule has 1 aromatic rings. The first kappa shape index (κ1) is 17.0. The van der Waals surface area contributed by atoms with Gasteiger partial charge in [0, 0.05) is 20.0 Å². The van der Waals surface area contributed by atoms with Crippen molar-refractivity contribution in [2.45, 2.75) is 20.3 Å². The number of amides is 1. The van der Waals surface area contributed by atoms with Crippen LogP contribution < -0.4 is 10.6 Å². The Morgan fingerprint density at radius 1 is 1.21 bits per heavy atom. The Labute approximate surface area is 139 Å². The summed E-state index contributed by atoms with van der Waals surface area (Å²) in [5.74, 6) is 0.602. The molecule has 0 bridgehead atoms. The second-order valence-corrected chi connectivity index (χ2v) is 7.25. The van der Waals surface area contributed by atoms with Crippen LogP contribution in [0.4, 0.5) is 5.69 Å². The quantitative estimate of drug-likeness (QED) is 0.659. The van der Waals surface area contributed by atoms with Crippen molar-refractivity contribution in [3.05, 3.63) is 25.6 Å². The van der Waals surface area contributed by atoms with E-state index in [9.17, 15) is 4.79 Å². The Balaban J connectivity index is 2.46. The van der Waals surface area contributed by atoms with Crippen LogP contribution >= 0.6 is 47.8 Å². The van der Waals surface area contributed by atoms with E-state index >= 15 is 0 Å². The molecule has 0 aromatic heterocycles. The van der Waals surface area contributed by atoms with Crippen molar-refractivity contribution in [1.29, 1.82) is 0 Å². The molecule has 1 aromatic carbocycles. The molecule has 1 amide bonds. The zero-order valence-corrected chi connectivity index (χ0v) is 15.7. The van der Waals surface area contributed by atoms with Gasteiger partial charge in [0.25, 0.3) is 0 Å². The SMILES string of the molecule is CC(C)CCNC(=O)CNc1c(Br)cc(Br)cc1Br. The average Bonchev–Trinajstić information content (AvgIpc) is 2.26. The van der Waals surface area contributed by atoms with E-state index in [0.717, 1.165) is 32.1 Å². The van der Waals surface area contributed by atoms with E-state index in [4.69, 9.17) is 0 Å². The predicted octanol–water partition coefficient (Wildman–Crippen LogP) is 4.55. The van der Waals surface area contributed by atoms with Gasteiger partial charge >= 0.3 is 0 Å². The summed E-state index contributed by atoms with van der Waals surface area (Å²) in [5, 5.41) is 6.01. The summed E-state index contributed by atoms with van der Waals surface area (Å²) in [5.41, 5.74) is 0.877. The van der Waals surface area contributed by atoms with E-state index in [-0.39, 0.29) is 12.5 Å². The Hall–Kier alpha value is -0.0700. The van der Waals surface area contributed by atoms with Crippen LogP contribution in [-0.4, -0.2) is 19.0 Å². The third kappa shape index (κ3) is 6.27. The molecule has 6 heteroatoms. The van der Waals surface area contributed by atoms with E-state index < -0.39 is 0 Å². The monoisotopic (exact) mass is 454 g/mol. The number of halogens is 3. The van der Waals surface area contributed by atoms with Crippen LogP contribution in [-0.2, 0) is 4.79 Å². The minimum absolute atomic E-state index is 0.00219. The molecule has 2 N–H and O–H groups in total. The fraction of sp³-hybridized carbons (Fsp3) is 0.462. The van der Waals surface area contributed by atoms with Crippen LogP contribution in [0.15, 0.2) is 25.6 Å². The maximum absolute atomic E-state index is 11.7. The Kier molecular flexibility index (Phi) is 7.39. The number of rotatable bonds is 6. The topological polar surface area (TPSA) is 41.1 Å². The van der Waals surface area contributed by atoms with Gasteiger partial charge < -0.3 is 10.6 Å². The van der Waals surface area contributed by atoms with Crippen molar-refractivity contribution in [3.63, 3.8) is 0 Å². The number of carbonyl (C=O) groups excluding carboxylic acids is 1. The van der Waals surface area contributed by atoms with Gasteiger partial charge in [-0.15, -0.1) is 0 Å². The molecule has 0 fully saturated rings. The van der Waals surface area contributed by atoms with E-state index in [1.54, 1.807) is 0 Å². The summed E-state index contributed by atoms with van der Waals surface area (Å²) in [6, 6.07) is 3.87. The lowest BCUT2D eigenvalue weighted by molar-refractivity contribution is -0.119. The Morgan fingerprint density at radius 2 is 1.79 bits per heavy atom. The molecule has 106 valence electrons. The van der Waals surface area contributed by atoms with Gasteiger partial charge in [0.15, 0.2) is 0 Å². The van der Waals surface area contributed by atoms with Gasteiger partial charge in [-0.2, -0.15) is 0 Å². The van der Waals surface area contributed by atoms with Gasteiger partial charge in [-0.05, 0) is 56.3 Å². The fourth-order valence-corrected chi connectivity index (χ4v) is 3.98. The fourth-order valence-electron chi connectivity index (χ4n) is 1.44. The molecule has 0 unspecified atom stereocenters. The summed E-state index contributed by atoms with van der Waals surface area (Å²) in [6.45, 7) is 5.26. The molecule has 0 saturated heterocycles. The van der Waals surface area contributed by atoms with E-state index in [1.165, 1.54) is 0 Å². The molecule has 3 nitrogen and oxygen atoms in total. The molecule has 1 rings (SSSR count). The smallest absolute Gasteiger partial charge is 0.239 e. The molecule has 0 radical (unpaired) electrons. The van der Waals surface area contributed by atoms with Crippen molar-refractivity contribution in [2.75, 3.05) is 18.4 Å². The summed E-state index contributed by atoms with van der Waals surface area (Å²) < 4.78 is 2.78. The summed E-state index contributed by atoms with van der Waals surface area (Å²) >= 11 is 10.3. The maximum Gasteiger partial charge on any atom is 0.239 e. The highest BCUT2D eigenvalue weighted by Crippen LogP contribution is 2.34. The summed E-state index contributed by atoms with van der Waals surface area (Å²) in [4.78, 5) is 11.7. The van der Waals surface area contributed by atoms with E-state index in [1.807, 2.05) is 12.1 Å². The molecule has 19 heavy (non-hydrogen) atoms. The first-order valence-corrected chi connectivity index (χ1v) is 8.43.